The van der Waals surface area contributed by atoms with Gasteiger partial charge in [0.1, 0.15) is 11.4 Å². The van der Waals surface area contributed by atoms with Gasteiger partial charge in [-0.2, -0.15) is 0 Å². The SMILES string of the molecule is CC(C)OC1CC(C)C([N+](=O)[O-])=C2N(Cc3ccc(Cl)nc3)CCN21. The van der Waals surface area contributed by atoms with E-state index in [2.05, 4.69) is 9.88 Å². The van der Waals surface area contributed by atoms with Crippen LogP contribution in [-0.2, 0) is 11.3 Å². The van der Waals surface area contributed by atoms with Crippen LogP contribution in [0.25, 0.3) is 0 Å². The smallest absolute Gasteiger partial charge is 0.289 e. The van der Waals surface area contributed by atoms with Crippen molar-refractivity contribution in [2.45, 2.75) is 46.1 Å². The van der Waals surface area contributed by atoms with E-state index < -0.39 is 0 Å². The molecule has 2 aliphatic heterocycles. The molecular weight excluding hydrogens is 344 g/mol. The van der Waals surface area contributed by atoms with E-state index in [4.69, 9.17) is 16.3 Å². The fraction of sp³-hybridized carbons (Fsp3) is 0.588. The third-order valence-corrected chi connectivity index (χ3v) is 4.79. The van der Waals surface area contributed by atoms with Gasteiger partial charge in [0, 0.05) is 32.3 Å². The number of rotatable bonds is 5. The van der Waals surface area contributed by atoms with Crippen molar-refractivity contribution >= 4 is 11.6 Å². The van der Waals surface area contributed by atoms with Gasteiger partial charge in [-0.1, -0.05) is 24.6 Å². The molecule has 0 amide bonds. The lowest BCUT2D eigenvalue weighted by molar-refractivity contribution is -0.440. The summed E-state index contributed by atoms with van der Waals surface area (Å²) in [5, 5.41) is 12.1. The van der Waals surface area contributed by atoms with Crippen molar-refractivity contribution in [3.8, 4) is 0 Å². The van der Waals surface area contributed by atoms with Gasteiger partial charge < -0.3 is 14.5 Å². The number of halogens is 1. The molecule has 25 heavy (non-hydrogen) atoms. The van der Waals surface area contributed by atoms with Gasteiger partial charge in [-0.25, -0.2) is 4.98 Å². The summed E-state index contributed by atoms with van der Waals surface area (Å²) in [7, 11) is 0. The first-order valence-corrected chi connectivity index (χ1v) is 8.90. The lowest BCUT2D eigenvalue weighted by atomic mass is 9.98. The number of hydrogen-bond acceptors (Lipinski definition) is 6. The summed E-state index contributed by atoms with van der Waals surface area (Å²) >= 11 is 5.84. The Bertz CT molecular complexity index is 677. The van der Waals surface area contributed by atoms with E-state index >= 15 is 0 Å². The summed E-state index contributed by atoms with van der Waals surface area (Å²) in [6.07, 6.45) is 2.30. The van der Waals surface area contributed by atoms with Crippen LogP contribution in [0.2, 0.25) is 5.15 Å². The first-order chi connectivity index (χ1) is 11.9. The van der Waals surface area contributed by atoms with Crippen molar-refractivity contribution < 1.29 is 9.66 Å². The molecule has 1 aromatic rings. The maximum atomic E-state index is 11.7. The zero-order chi connectivity index (χ0) is 18.1. The lowest BCUT2D eigenvalue weighted by Crippen LogP contribution is -2.44. The van der Waals surface area contributed by atoms with Crippen LogP contribution >= 0.6 is 11.6 Å². The minimum Gasteiger partial charge on any atom is -0.356 e. The standard InChI is InChI=1S/C17H23ClN4O3/c1-11(2)25-15-8-12(3)16(22(23)24)17-20(6-7-21(15)17)10-13-4-5-14(18)19-9-13/h4-5,9,11-12,15H,6-8,10H2,1-3H3. The topological polar surface area (TPSA) is 71.7 Å². The highest BCUT2D eigenvalue weighted by atomic mass is 35.5. The monoisotopic (exact) mass is 366 g/mol. The predicted molar refractivity (Wildman–Crippen MR) is 94.2 cm³/mol. The van der Waals surface area contributed by atoms with Gasteiger partial charge in [-0.05, 0) is 25.5 Å². The predicted octanol–water partition coefficient (Wildman–Crippen LogP) is 3.09. The normalized spacial score (nSPS) is 23.4. The molecule has 0 spiro atoms. The van der Waals surface area contributed by atoms with Crippen LogP contribution in [0, 0.1) is 16.0 Å². The third kappa shape index (κ3) is 3.72. The van der Waals surface area contributed by atoms with Crippen molar-refractivity contribution in [3.63, 3.8) is 0 Å². The lowest BCUT2D eigenvalue weighted by Gasteiger charge is -2.37. The molecule has 1 saturated heterocycles. The van der Waals surface area contributed by atoms with Crippen LogP contribution in [0.15, 0.2) is 29.8 Å². The molecular formula is C17H23ClN4O3. The van der Waals surface area contributed by atoms with Gasteiger partial charge in [0.2, 0.25) is 0 Å². The average Bonchev–Trinajstić information content (AvgIpc) is 2.92. The summed E-state index contributed by atoms with van der Waals surface area (Å²) in [4.78, 5) is 19.7. The Balaban J connectivity index is 1.92. The Morgan fingerprint density at radius 1 is 1.44 bits per heavy atom. The number of fused-ring (bicyclic) bond motifs is 1. The molecule has 7 nitrogen and oxygen atoms in total. The highest BCUT2D eigenvalue weighted by Crippen LogP contribution is 2.38. The summed E-state index contributed by atoms with van der Waals surface area (Å²) in [5.74, 6) is 0.526. The Morgan fingerprint density at radius 2 is 2.20 bits per heavy atom. The Kier molecular flexibility index (Phi) is 5.15. The number of aromatic nitrogens is 1. The molecule has 1 aromatic heterocycles. The van der Waals surface area contributed by atoms with Crippen LogP contribution in [0.3, 0.4) is 0 Å². The zero-order valence-corrected chi connectivity index (χ0v) is 15.4. The second kappa shape index (κ2) is 7.17. The van der Waals surface area contributed by atoms with E-state index in [-0.39, 0.29) is 28.9 Å². The second-order valence-corrected chi connectivity index (χ2v) is 7.23. The molecule has 0 aliphatic carbocycles. The molecule has 2 aliphatic rings. The van der Waals surface area contributed by atoms with Crippen molar-refractivity contribution in [2.75, 3.05) is 13.1 Å². The van der Waals surface area contributed by atoms with Crippen molar-refractivity contribution in [2.24, 2.45) is 5.92 Å². The van der Waals surface area contributed by atoms with E-state index in [0.29, 0.717) is 23.9 Å². The summed E-state index contributed by atoms with van der Waals surface area (Å²) in [6.45, 7) is 7.89. The summed E-state index contributed by atoms with van der Waals surface area (Å²) in [5.41, 5.74) is 1.25. The van der Waals surface area contributed by atoms with E-state index in [9.17, 15) is 10.1 Å². The number of nitro groups is 1. The molecule has 3 heterocycles. The van der Waals surface area contributed by atoms with Gasteiger partial charge in [0.15, 0.2) is 5.82 Å². The van der Waals surface area contributed by atoms with Gasteiger partial charge in [0.25, 0.3) is 5.70 Å². The minimum absolute atomic E-state index is 0.0742. The molecule has 0 bridgehead atoms. The van der Waals surface area contributed by atoms with Crippen LogP contribution in [0.5, 0.6) is 0 Å². The first kappa shape index (κ1) is 17.9. The highest BCUT2D eigenvalue weighted by molar-refractivity contribution is 6.29. The molecule has 0 saturated carbocycles. The number of allylic oxidation sites excluding steroid dienone is 1. The van der Waals surface area contributed by atoms with Gasteiger partial charge in [-0.3, -0.25) is 10.1 Å². The number of hydrogen-bond donors (Lipinski definition) is 0. The molecule has 136 valence electrons. The van der Waals surface area contributed by atoms with Gasteiger partial charge >= 0.3 is 0 Å². The number of pyridine rings is 1. The van der Waals surface area contributed by atoms with E-state index in [1.165, 1.54) is 0 Å². The van der Waals surface area contributed by atoms with Crippen LogP contribution in [0.4, 0.5) is 0 Å². The summed E-state index contributed by atoms with van der Waals surface area (Å²) in [6, 6.07) is 3.64. The Labute approximate surface area is 152 Å². The van der Waals surface area contributed by atoms with Gasteiger partial charge in [0.05, 0.1) is 16.9 Å². The molecule has 1 fully saturated rings. The third-order valence-electron chi connectivity index (χ3n) is 4.57. The van der Waals surface area contributed by atoms with E-state index in [1.54, 1.807) is 12.3 Å². The molecule has 2 atom stereocenters. The zero-order valence-electron chi connectivity index (χ0n) is 14.7. The largest absolute Gasteiger partial charge is 0.356 e. The molecule has 0 radical (unpaired) electrons. The van der Waals surface area contributed by atoms with Crippen LogP contribution < -0.4 is 0 Å². The Morgan fingerprint density at radius 3 is 2.80 bits per heavy atom. The van der Waals surface area contributed by atoms with Crippen molar-refractivity contribution in [1.82, 2.24) is 14.8 Å². The molecule has 8 heteroatoms. The molecule has 3 rings (SSSR count). The summed E-state index contributed by atoms with van der Waals surface area (Å²) < 4.78 is 6.03. The second-order valence-electron chi connectivity index (χ2n) is 6.85. The van der Waals surface area contributed by atoms with Crippen LogP contribution in [0.1, 0.15) is 32.8 Å². The van der Waals surface area contributed by atoms with E-state index in [0.717, 1.165) is 18.7 Å². The number of ether oxygens (including phenoxy) is 1. The Hall–Kier alpha value is -1.86. The fourth-order valence-corrected chi connectivity index (χ4v) is 3.66. The molecule has 2 unspecified atom stereocenters. The minimum atomic E-state index is -0.239. The first-order valence-electron chi connectivity index (χ1n) is 8.53. The van der Waals surface area contributed by atoms with E-state index in [1.807, 2.05) is 31.7 Å². The van der Waals surface area contributed by atoms with Crippen molar-refractivity contribution in [1.29, 1.82) is 0 Å². The number of nitrogens with zero attached hydrogens (tertiary/aromatic N) is 4. The quantitative estimate of drug-likeness (QED) is 0.453. The average molecular weight is 367 g/mol. The maximum absolute atomic E-state index is 11.7. The highest BCUT2D eigenvalue weighted by Gasteiger charge is 2.45. The van der Waals surface area contributed by atoms with Crippen molar-refractivity contribution in [3.05, 3.63) is 50.7 Å². The molecule has 0 N–H and O–H groups in total. The fourth-order valence-electron chi connectivity index (χ4n) is 3.55. The molecule has 0 aromatic carbocycles. The maximum Gasteiger partial charge on any atom is 0.289 e. The van der Waals surface area contributed by atoms with Crippen LogP contribution in [-0.4, -0.2) is 45.1 Å². The van der Waals surface area contributed by atoms with Gasteiger partial charge in [-0.15, -0.1) is 0 Å².